The smallest absolute Gasteiger partial charge is 0.0546 e. The highest BCUT2D eigenvalue weighted by Gasteiger charge is 2.23. The van der Waals surface area contributed by atoms with Gasteiger partial charge < -0.3 is 9.47 Å². The summed E-state index contributed by atoms with van der Waals surface area (Å²) in [6.45, 7) is 0. The molecule has 0 N–H and O–H groups in total. The molecule has 0 bridgehead atoms. The van der Waals surface area contributed by atoms with Gasteiger partial charge in [0.25, 0.3) is 0 Å². The Morgan fingerprint density at radius 3 is 1.48 bits per heavy atom. The molecule has 0 atom stereocenters. The molecule has 2 heteroatoms. The molecular weight excluding hydrogens is 605 g/mol. The third kappa shape index (κ3) is 5.15. The molecule has 0 aliphatic heterocycles. The summed E-state index contributed by atoms with van der Waals surface area (Å²) in [7, 11) is 0. The normalized spacial score (nSPS) is 11.2. The quantitative estimate of drug-likeness (QED) is 0.169. The Kier molecular flexibility index (Phi) is 7.53. The van der Waals surface area contributed by atoms with E-state index >= 15 is 0 Å². The van der Waals surface area contributed by atoms with Gasteiger partial charge in [-0.15, -0.1) is 0 Å². The molecule has 1 aromatic heterocycles. The van der Waals surface area contributed by atoms with E-state index in [2.05, 4.69) is 216 Å². The molecule has 2 nitrogen and oxygen atoms in total. The second-order valence-corrected chi connectivity index (χ2v) is 12.5. The van der Waals surface area contributed by atoms with Gasteiger partial charge in [-0.2, -0.15) is 0 Å². The first-order chi connectivity index (χ1) is 24.8. The third-order valence-corrected chi connectivity index (χ3v) is 9.59. The van der Waals surface area contributed by atoms with Gasteiger partial charge >= 0.3 is 0 Å². The van der Waals surface area contributed by atoms with Crippen molar-refractivity contribution in [3.8, 4) is 39.1 Å². The van der Waals surface area contributed by atoms with Crippen molar-refractivity contribution in [2.45, 2.75) is 0 Å². The molecule has 0 saturated heterocycles. The van der Waals surface area contributed by atoms with Gasteiger partial charge in [-0.05, 0) is 76.3 Å². The fourth-order valence-electron chi connectivity index (χ4n) is 7.41. The Labute approximate surface area is 292 Å². The predicted octanol–water partition coefficient (Wildman–Crippen LogP) is 13.3. The fraction of sp³-hybridized carbons (Fsp3) is 0. The number of hydrogen-bond donors (Lipinski definition) is 0. The topological polar surface area (TPSA) is 8.17 Å². The average Bonchev–Trinajstić information content (AvgIpc) is 3.54. The Hall–Kier alpha value is -6.64. The maximum Gasteiger partial charge on any atom is 0.0546 e. The van der Waals surface area contributed by atoms with Crippen LogP contribution in [0.1, 0.15) is 0 Å². The molecule has 8 aromatic carbocycles. The Morgan fingerprint density at radius 2 is 0.820 bits per heavy atom. The number of hydrogen-bond acceptors (Lipinski definition) is 1. The maximum atomic E-state index is 2.42. The van der Waals surface area contributed by atoms with Crippen molar-refractivity contribution < 1.29 is 0 Å². The molecule has 0 aliphatic carbocycles. The summed E-state index contributed by atoms with van der Waals surface area (Å²) >= 11 is 0. The van der Waals surface area contributed by atoms with E-state index in [1.165, 1.54) is 55.2 Å². The number of aromatic nitrogens is 1. The summed E-state index contributed by atoms with van der Waals surface area (Å²) < 4.78 is 2.39. The number of benzene rings is 8. The van der Waals surface area contributed by atoms with Crippen LogP contribution in [0.4, 0.5) is 17.1 Å². The number of anilines is 3. The number of nitrogens with zero attached hydrogens (tertiary/aromatic N) is 2. The fourth-order valence-corrected chi connectivity index (χ4v) is 7.41. The van der Waals surface area contributed by atoms with E-state index in [0.29, 0.717) is 0 Å². The van der Waals surface area contributed by atoms with Crippen LogP contribution in [0, 0.1) is 0 Å². The molecule has 9 aromatic rings. The summed E-state index contributed by atoms with van der Waals surface area (Å²) in [4.78, 5) is 2.42. The Balaban J connectivity index is 1.33. The molecule has 0 amide bonds. The monoisotopic (exact) mass is 638 g/mol. The molecule has 236 valence electrons. The van der Waals surface area contributed by atoms with Gasteiger partial charge in [0.15, 0.2) is 0 Å². The van der Waals surface area contributed by atoms with Crippen LogP contribution in [0.3, 0.4) is 0 Å². The van der Waals surface area contributed by atoms with Crippen molar-refractivity contribution in [1.82, 2.24) is 4.57 Å². The van der Waals surface area contributed by atoms with Gasteiger partial charge in [0.1, 0.15) is 0 Å². The zero-order chi connectivity index (χ0) is 33.3. The minimum atomic E-state index is 1.08. The van der Waals surface area contributed by atoms with Crippen molar-refractivity contribution in [3.05, 3.63) is 206 Å². The minimum Gasteiger partial charge on any atom is -0.310 e. The van der Waals surface area contributed by atoms with E-state index in [4.69, 9.17) is 0 Å². The van der Waals surface area contributed by atoms with Crippen molar-refractivity contribution in [1.29, 1.82) is 0 Å². The van der Waals surface area contributed by atoms with Crippen molar-refractivity contribution in [2.75, 3.05) is 4.90 Å². The molecule has 50 heavy (non-hydrogen) atoms. The SMILES string of the molecule is c1ccc(-c2ccccc2-c2c(-c3ccccc3)cccc2N(c2ccccc2)c2cccc(-n3c4ccccc4c4ccccc43)c2)cc1. The first-order valence-corrected chi connectivity index (χ1v) is 17.1. The molecule has 1 heterocycles. The molecule has 0 unspecified atom stereocenters. The number of rotatable bonds is 7. The lowest BCUT2D eigenvalue weighted by Gasteiger charge is -2.30. The molecule has 9 rings (SSSR count). The second-order valence-electron chi connectivity index (χ2n) is 12.5. The highest BCUT2D eigenvalue weighted by molar-refractivity contribution is 6.09. The second kappa shape index (κ2) is 12.8. The highest BCUT2D eigenvalue weighted by atomic mass is 15.1. The lowest BCUT2D eigenvalue weighted by Crippen LogP contribution is -2.12. The Bertz CT molecular complexity index is 2530. The van der Waals surface area contributed by atoms with E-state index < -0.39 is 0 Å². The van der Waals surface area contributed by atoms with E-state index in [-0.39, 0.29) is 0 Å². The van der Waals surface area contributed by atoms with Crippen LogP contribution in [0.15, 0.2) is 206 Å². The summed E-state index contributed by atoms with van der Waals surface area (Å²) in [6, 6.07) is 74.1. The molecule has 0 aliphatic rings. The van der Waals surface area contributed by atoms with Gasteiger partial charge in [-0.3, -0.25) is 0 Å². The van der Waals surface area contributed by atoms with Crippen LogP contribution in [-0.4, -0.2) is 4.57 Å². The van der Waals surface area contributed by atoms with E-state index in [0.717, 1.165) is 22.7 Å². The van der Waals surface area contributed by atoms with Crippen LogP contribution in [0.25, 0.3) is 60.9 Å². The van der Waals surface area contributed by atoms with Gasteiger partial charge in [-0.1, -0.05) is 158 Å². The molecule has 0 saturated carbocycles. The summed E-state index contributed by atoms with van der Waals surface area (Å²) in [6.07, 6.45) is 0. The van der Waals surface area contributed by atoms with Crippen molar-refractivity contribution in [2.24, 2.45) is 0 Å². The molecule has 0 radical (unpaired) electrons. The minimum absolute atomic E-state index is 1.08. The van der Waals surface area contributed by atoms with E-state index in [1.807, 2.05) is 0 Å². The largest absolute Gasteiger partial charge is 0.310 e. The van der Waals surface area contributed by atoms with Crippen LogP contribution in [-0.2, 0) is 0 Å². The zero-order valence-electron chi connectivity index (χ0n) is 27.5. The summed E-state index contributed by atoms with van der Waals surface area (Å²) in [5, 5.41) is 2.51. The van der Waals surface area contributed by atoms with Crippen LogP contribution in [0.2, 0.25) is 0 Å². The number of fused-ring (bicyclic) bond motifs is 3. The first kappa shape index (κ1) is 29.5. The third-order valence-electron chi connectivity index (χ3n) is 9.59. The van der Waals surface area contributed by atoms with Crippen LogP contribution >= 0.6 is 0 Å². The Morgan fingerprint density at radius 1 is 0.340 bits per heavy atom. The van der Waals surface area contributed by atoms with Gasteiger partial charge in [0.2, 0.25) is 0 Å². The maximum absolute atomic E-state index is 2.42. The highest BCUT2D eigenvalue weighted by Crippen LogP contribution is 2.48. The molecular formula is C48H34N2. The standard InChI is InChI=1S/C48H34N2/c1-4-18-35(19-5-1)40-26-10-11-29-44(40)48-41(36-20-6-2-7-21-36)30-17-33-47(48)49(37-22-8-3-9-23-37)38-24-16-25-39(34-38)50-45-31-14-12-27-42(45)43-28-13-15-32-46(43)50/h1-34H. The van der Waals surface area contributed by atoms with Gasteiger partial charge in [0, 0.05) is 33.4 Å². The van der Waals surface area contributed by atoms with Crippen LogP contribution in [0.5, 0.6) is 0 Å². The van der Waals surface area contributed by atoms with Crippen molar-refractivity contribution in [3.63, 3.8) is 0 Å². The van der Waals surface area contributed by atoms with Gasteiger partial charge in [0.05, 0.1) is 16.7 Å². The lowest BCUT2D eigenvalue weighted by atomic mass is 9.87. The van der Waals surface area contributed by atoms with E-state index in [9.17, 15) is 0 Å². The lowest BCUT2D eigenvalue weighted by molar-refractivity contribution is 1.17. The summed E-state index contributed by atoms with van der Waals surface area (Å²) in [5.41, 5.74) is 13.9. The van der Waals surface area contributed by atoms with Crippen LogP contribution < -0.4 is 4.90 Å². The summed E-state index contributed by atoms with van der Waals surface area (Å²) in [5.74, 6) is 0. The first-order valence-electron chi connectivity index (χ1n) is 17.1. The number of para-hydroxylation sites is 3. The van der Waals surface area contributed by atoms with E-state index in [1.54, 1.807) is 0 Å². The van der Waals surface area contributed by atoms with Gasteiger partial charge in [-0.25, -0.2) is 0 Å². The van der Waals surface area contributed by atoms with Crippen molar-refractivity contribution >= 4 is 38.9 Å². The molecule has 0 spiro atoms. The molecule has 0 fully saturated rings. The zero-order valence-corrected chi connectivity index (χ0v) is 27.5. The average molecular weight is 639 g/mol. The predicted molar refractivity (Wildman–Crippen MR) is 212 cm³/mol.